The summed E-state index contributed by atoms with van der Waals surface area (Å²) < 4.78 is 1.20. The predicted molar refractivity (Wildman–Crippen MR) is 73.4 cm³/mol. The van der Waals surface area contributed by atoms with Gasteiger partial charge in [0, 0.05) is 28.3 Å². The van der Waals surface area contributed by atoms with Crippen LogP contribution in [0.4, 0.5) is 5.69 Å². The van der Waals surface area contributed by atoms with Gasteiger partial charge in [-0.15, -0.1) is 0 Å². The van der Waals surface area contributed by atoms with Crippen molar-refractivity contribution >= 4 is 34.2 Å². The fourth-order valence-corrected chi connectivity index (χ4v) is 1.99. The molecule has 0 radical (unpaired) electrons. The van der Waals surface area contributed by atoms with Crippen LogP contribution in [0.3, 0.4) is 0 Å². The van der Waals surface area contributed by atoms with Crippen LogP contribution in [0, 0.1) is 3.57 Å². The maximum Gasteiger partial charge on any atom is 0.221 e. The summed E-state index contributed by atoms with van der Waals surface area (Å²) in [5.74, 6) is 0.153. The minimum Gasteiger partial charge on any atom is -0.384 e. The van der Waals surface area contributed by atoms with Gasteiger partial charge in [0.05, 0.1) is 0 Å². The average molecular weight is 330 g/mol. The molecule has 0 heterocycles. The Hall–Kier alpha value is -0.780. The summed E-state index contributed by atoms with van der Waals surface area (Å²) in [5, 5.41) is 6.22. The monoisotopic (exact) mass is 330 g/mol. The Morgan fingerprint density at radius 2 is 2.25 bits per heavy atom. The molecule has 86 valence electrons. The molecule has 4 heteroatoms. The van der Waals surface area contributed by atoms with E-state index in [4.69, 9.17) is 0 Å². The van der Waals surface area contributed by atoms with E-state index >= 15 is 0 Å². The number of anilines is 1. The van der Waals surface area contributed by atoms with Crippen LogP contribution < -0.4 is 10.6 Å². The zero-order valence-corrected chi connectivity index (χ0v) is 11.2. The minimum atomic E-state index is 0.153. The molecule has 1 amide bonds. The summed E-state index contributed by atoms with van der Waals surface area (Å²) in [6, 6.07) is 8.60. The van der Waals surface area contributed by atoms with Gasteiger partial charge in [-0.3, -0.25) is 4.79 Å². The van der Waals surface area contributed by atoms with E-state index in [0.29, 0.717) is 19.0 Å². The van der Waals surface area contributed by atoms with Crippen LogP contribution in [0.2, 0.25) is 0 Å². The first-order valence-corrected chi connectivity index (χ1v) is 6.61. The second-order valence-corrected chi connectivity index (χ2v) is 5.27. The molecule has 1 fully saturated rings. The third-order valence-electron chi connectivity index (χ3n) is 2.45. The molecular weight excluding hydrogens is 315 g/mol. The molecule has 1 aliphatic rings. The zero-order valence-electron chi connectivity index (χ0n) is 9.00. The molecule has 16 heavy (non-hydrogen) atoms. The fraction of sp³-hybridized carbons (Fsp3) is 0.417. The lowest BCUT2D eigenvalue weighted by molar-refractivity contribution is -0.120. The van der Waals surface area contributed by atoms with Crippen LogP contribution in [0.5, 0.6) is 0 Å². The van der Waals surface area contributed by atoms with Gasteiger partial charge in [-0.05, 0) is 53.6 Å². The summed E-state index contributed by atoms with van der Waals surface area (Å²) in [7, 11) is 0. The molecule has 2 N–H and O–H groups in total. The van der Waals surface area contributed by atoms with E-state index < -0.39 is 0 Å². The Labute approximate surface area is 109 Å². The first kappa shape index (κ1) is 11.7. The van der Waals surface area contributed by atoms with E-state index in [1.165, 1.54) is 3.57 Å². The molecule has 3 nitrogen and oxygen atoms in total. The molecule has 0 aromatic heterocycles. The van der Waals surface area contributed by atoms with E-state index in [1.54, 1.807) is 0 Å². The minimum absolute atomic E-state index is 0.153. The van der Waals surface area contributed by atoms with E-state index in [9.17, 15) is 4.79 Å². The van der Waals surface area contributed by atoms with E-state index in [-0.39, 0.29) is 5.91 Å². The lowest BCUT2D eigenvalue weighted by Gasteiger charge is -2.07. The molecule has 0 unspecified atom stereocenters. The predicted octanol–water partition coefficient (Wildman–Crippen LogP) is 2.37. The Kier molecular flexibility index (Phi) is 4.04. The standard InChI is InChI=1S/C12H15IN2O/c13-9-2-1-3-11(8-9)14-7-6-12(16)15-10-4-5-10/h1-3,8,10,14H,4-7H2,(H,15,16). The first-order chi connectivity index (χ1) is 7.74. The Morgan fingerprint density at radius 1 is 1.44 bits per heavy atom. The molecule has 0 atom stereocenters. The van der Waals surface area contributed by atoms with Crippen LogP contribution in [-0.2, 0) is 4.79 Å². The molecule has 0 aliphatic heterocycles. The van der Waals surface area contributed by atoms with Crippen molar-refractivity contribution in [1.82, 2.24) is 5.32 Å². The summed E-state index contributed by atoms with van der Waals surface area (Å²) in [5.41, 5.74) is 1.08. The van der Waals surface area contributed by atoms with Crippen LogP contribution in [0.15, 0.2) is 24.3 Å². The molecule has 0 spiro atoms. The van der Waals surface area contributed by atoms with Gasteiger partial charge >= 0.3 is 0 Å². The van der Waals surface area contributed by atoms with Crippen molar-refractivity contribution < 1.29 is 4.79 Å². The van der Waals surface area contributed by atoms with Crippen molar-refractivity contribution in [2.24, 2.45) is 0 Å². The topological polar surface area (TPSA) is 41.1 Å². The van der Waals surface area contributed by atoms with E-state index in [2.05, 4.69) is 39.3 Å². The second kappa shape index (κ2) is 5.52. The Bertz CT molecular complexity index is 377. The van der Waals surface area contributed by atoms with Gasteiger partial charge in [0.1, 0.15) is 0 Å². The molecule has 1 aromatic rings. The van der Waals surface area contributed by atoms with Gasteiger partial charge in [0.15, 0.2) is 0 Å². The number of hydrogen-bond acceptors (Lipinski definition) is 2. The van der Waals surface area contributed by atoms with Crippen LogP contribution in [0.25, 0.3) is 0 Å². The van der Waals surface area contributed by atoms with E-state index in [1.807, 2.05) is 18.2 Å². The number of rotatable bonds is 5. The highest BCUT2D eigenvalue weighted by Crippen LogP contribution is 2.18. The molecule has 1 saturated carbocycles. The van der Waals surface area contributed by atoms with Crippen molar-refractivity contribution in [3.8, 4) is 0 Å². The van der Waals surface area contributed by atoms with Gasteiger partial charge in [0.2, 0.25) is 5.91 Å². The molecule has 0 saturated heterocycles. The number of carbonyl (C=O) groups excluding carboxylic acids is 1. The summed E-state index contributed by atoms with van der Waals surface area (Å²) >= 11 is 2.28. The molecule has 2 rings (SSSR count). The fourth-order valence-electron chi connectivity index (χ4n) is 1.45. The number of halogens is 1. The van der Waals surface area contributed by atoms with Crippen molar-refractivity contribution in [2.75, 3.05) is 11.9 Å². The first-order valence-electron chi connectivity index (χ1n) is 5.53. The van der Waals surface area contributed by atoms with Crippen molar-refractivity contribution in [2.45, 2.75) is 25.3 Å². The van der Waals surface area contributed by atoms with Crippen molar-refractivity contribution in [3.05, 3.63) is 27.8 Å². The van der Waals surface area contributed by atoms with Crippen molar-refractivity contribution in [3.63, 3.8) is 0 Å². The number of nitrogens with one attached hydrogen (secondary N) is 2. The number of carbonyl (C=O) groups is 1. The lowest BCUT2D eigenvalue weighted by Crippen LogP contribution is -2.27. The van der Waals surface area contributed by atoms with Gasteiger partial charge in [0.25, 0.3) is 0 Å². The molecule has 0 bridgehead atoms. The third-order valence-corrected chi connectivity index (χ3v) is 3.12. The molecule has 1 aromatic carbocycles. The largest absolute Gasteiger partial charge is 0.384 e. The van der Waals surface area contributed by atoms with Gasteiger partial charge in [-0.2, -0.15) is 0 Å². The number of hydrogen-bond donors (Lipinski definition) is 2. The van der Waals surface area contributed by atoms with E-state index in [0.717, 1.165) is 18.5 Å². The summed E-state index contributed by atoms with van der Waals surface area (Å²) in [6.45, 7) is 0.693. The highest BCUT2D eigenvalue weighted by Gasteiger charge is 2.22. The number of amides is 1. The molecule has 1 aliphatic carbocycles. The number of benzene rings is 1. The maximum atomic E-state index is 11.4. The maximum absolute atomic E-state index is 11.4. The highest BCUT2D eigenvalue weighted by atomic mass is 127. The quantitative estimate of drug-likeness (QED) is 0.814. The molecular formula is C12H15IN2O. The van der Waals surface area contributed by atoms with Gasteiger partial charge in [-0.1, -0.05) is 6.07 Å². The lowest BCUT2D eigenvalue weighted by atomic mass is 10.3. The van der Waals surface area contributed by atoms with Crippen LogP contribution >= 0.6 is 22.6 Å². The third kappa shape index (κ3) is 4.00. The average Bonchev–Trinajstić information content (AvgIpc) is 3.02. The van der Waals surface area contributed by atoms with Gasteiger partial charge in [-0.25, -0.2) is 0 Å². The smallest absolute Gasteiger partial charge is 0.221 e. The van der Waals surface area contributed by atoms with Crippen LogP contribution in [-0.4, -0.2) is 18.5 Å². The summed E-state index contributed by atoms with van der Waals surface area (Å²) in [6.07, 6.45) is 2.84. The second-order valence-electron chi connectivity index (χ2n) is 4.03. The van der Waals surface area contributed by atoms with Crippen molar-refractivity contribution in [1.29, 1.82) is 0 Å². The zero-order chi connectivity index (χ0) is 11.4. The highest BCUT2D eigenvalue weighted by molar-refractivity contribution is 14.1. The SMILES string of the molecule is O=C(CCNc1cccc(I)c1)NC1CC1. The summed E-state index contributed by atoms with van der Waals surface area (Å²) in [4.78, 5) is 11.4. The Morgan fingerprint density at radius 3 is 2.94 bits per heavy atom. The van der Waals surface area contributed by atoms with Crippen LogP contribution in [0.1, 0.15) is 19.3 Å². The Balaban J connectivity index is 1.68. The van der Waals surface area contributed by atoms with Gasteiger partial charge < -0.3 is 10.6 Å². The normalized spacial score (nSPS) is 14.6.